The van der Waals surface area contributed by atoms with Gasteiger partial charge in [0.15, 0.2) is 12.2 Å². The molecule has 58 heavy (non-hydrogen) atoms. The molecule has 7 aliphatic rings. The lowest BCUT2D eigenvalue weighted by molar-refractivity contribution is -0.396. The maximum atomic E-state index is 13.2. The predicted molar refractivity (Wildman–Crippen MR) is 164 cm³/mol. The van der Waals surface area contributed by atoms with Gasteiger partial charge in [0.25, 0.3) is 11.2 Å². The molecule has 8 nitrogen and oxygen atoms in total. The minimum absolute atomic E-state index is 0.0608. The van der Waals surface area contributed by atoms with Crippen LogP contribution in [0.15, 0.2) is 36.5 Å². The number of alkyl halides is 15. The number of methoxy groups -OCH3 is 1. The summed E-state index contributed by atoms with van der Waals surface area (Å²) in [5, 5.41) is 9.10. The van der Waals surface area contributed by atoms with Crippen molar-refractivity contribution in [3.63, 3.8) is 0 Å². The van der Waals surface area contributed by atoms with E-state index in [0.717, 1.165) is 7.11 Å². The van der Waals surface area contributed by atoms with Crippen LogP contribution in [0.2, 0.25) is 0 Å². The van der Waals surface area contributed by atoms with Crippen molar-refractivity contribution in [1.29, 1.82) is 0 Å². The molecule has 1 N–H and O–H groups in total. The summed E-state index contributed by atoms with van der Waals surface area (Å²) in [5.41, 5.74) is -10.3. The van der Waals surface area contributed by atoms with Crippen molar-refractivity contribution in [3.8, 4) is 0 Å². The van der Waals surface area contributed by atoms with Gasteiger partial charge < -0.3 is 28.8 Å². The average molecular weight is 871 g/mol. The van der Waals surface area contributed by atoms with Gasteiger partial charge in [0.1, 0.15) is 18.5 Å². The Morgan fingerprint density at radius 1 is 0.741 bits per heavy atom. The maximum absolute atomic E-state index is 13.2. The molecular formula is C35H37F15O8. The van der Waals surface area contributed by atoms with Crippen LogP contribution in [0.1, 0.15) is 44.9 Å². The standard InChI is InChI=1S/C13H16F6O2.C11H12F6O.C11H9F3O5/c1-20-7-21-11(12(14,15)16,13(17,18)19)6-10-5-8-2-3-9(10)4-8;12-10(13,14)9(18,11(15,16)17)5-8-4-6-1-2-7(8)3-6;1-3(11(12,13)14)9(15)18-7-5-2-4-6(17-5)8(7)19-10(4)16/h2-3,8-10H,4-7H2,1H3;1-2,6-8,18H,3-5H2;4-8H,1-2H2. The Hall–Kier alpha value is -3.05. The molecule has 0 aromatic carbocycles. The summed E-state index contributed by atoms with van der Waals surface area (Å²) in [7, 11) is 0.984. The minimum Gasteiger partial charge on any atom is -0.455 e. The van der Waals surface area contributed by atoms with E-state index in [1.54, 1.807) is 12.2 Å². The highest BCUT2D eigenvalue weighted by atomic mass is 19.4. The molecule has 2 saturated carbocycles. The van der Waals surface area contributed by atoms with Gasteiger partial charge in [-0.05, 0) is 80.5 Å². The summed E-state index contributed by atoms with van der Waals surface area (Å²) in [6.07, 6.45) is -23.4. The Morgan fingerprint density at radius 3 is 1.64 bits per heavy atom. The number of allylic oxidation sites excluding steroid dienone is 4. The van der Waals surface area contributed by atoms with E-state index in [1.807, 2.05) is 12.2 Å². The van der Waals surface area contributed by atoms with E-state index < -0.39 is 121 Å². The fourth-order valence-corrected chi connectivity index (χ4v) is 8.87. The normalized spacial score (nSPS) is 33.5. The molecule has 0 amide bonds. The summed E-state index contributed by atoms with van der Waals surface area (Å²) < 4.78 is 215. The molecule has 11 atom stereocenters. The minimum atomic E-state index is -5.70. The van der Waals surface area contributed by atoms with Gasteiger partial charge in [0.2, 0.25) is 0 Å². The van der Waals surface area contributed by atoms with Crippen LogP contribution >= 0.6 is 0 Å². The first kappa shape index (κ1) is 46.0. The van der Waals surface area contributed by atoms with Crippen molar-refractivity contribution in [3.05, 3.63) is 36.5 Å². The highest BCUT2D eigenvalue weighted by Gasteiger charge is 2.74. The van der Waals surface area contributed by atoms with Gasteiger partial charge in [0, 0.05) is 7.11 Å². The monoisotopic (exact) mass is 870 g/mol. The average Bonchev–Trinajstić information content (AvgIpc) is 3.95. The number of hydrogen-bond donors (Lipinski definition) is 1. The van der Waals surface area contributed by atoms with Gasteiger partial charge in [-0.3, -0.25) is 4.79 Å². The Balaban J connectivity index is 0.000000166. The van der Waals surface area contributed by atoms with Crippen LogP contribution in [0.3, 0.4) is 0 Å². The number of esters is 2. The van der Waals surface area contributed by atoms with Crippen molar-refractivity contribution in [1.82, 2.24) is 0 Å². The van der Waals surface area contributed by atoms with Crippen LogP contribution in [0, 0.1) is 41.4 Å². The molecule has 3 saturated heterocycles. The van der Waals surface area contributed by atoms with Crippen molar-refractivity contribution in [2.24, 2.45) is 41.4 Å². The molecule has 23 heteroatoms. The van der Waals surface area contributed by atoms with Crippen LogP contribution in [0.4, 0.5) is 65.9 Å². The molecule has 0 aromatic rings. The van der Waals surface area contributed by atoms with Gasteiger partial charge in [-0.25, -0.2) is 4.79 Å². The lowest BCUT2D eigenvalue weighted by Gasteiger charge is -2.39. The molecule has 3 aliphatic heterocycles. The summed E-state index contributed by atoms with van der Waals surface area (Å²) in [6.45, 7) is 1.60. The molecule has 0 aromatic heterocycles. The van der Waals surface area contributed by atoms with Crippen LogP contribution < -0.4 is 0 Å². The Morgan fingerprint density at radius 2 is 1.24 bits per heavy atom. The maximum Gasteiger partial charge on any atom is 0.426 e. The summed E-state index contributed by atoms with van der Waals surface area (Å²) >= 11 is 0. The molecule has 3 heterocycles. The third kappa shape index (κ3) is 8.73. The van der Waals surface area contributed by atoms with E-state index in [-0.39, 0.29) is 30.1 Å². The Labute approximate surface area is 319 Å². The third-order valence-electron chi connectivity index (χ3n) is 11.8. The van der Waals surface area contributed by atoms with Crippen molar-refractivity contribution >= 4 is 11.9 Å². The molecule has 0 radical (unpaired) electrons. The number of hydrogen-bond acceptors (Lipinski definition) is 8. The lowest BCUT2D eigenvalue weighted by atomic mass is 9.81. The second-order valence-electron chi connectivity index (χ2n) is 15.4. The van der Waals surface area contributed by atoms with Crippen LogP contribution in [0.5, 0.6) is 0 Å². The van der Waals surface area contributed by atoms with Crippen molar-refractivity contribution < 1.29 is 104 Å². The largest absolute Gasteiger partial charge is 0.455 e. The highest BCUT2D eigenvalue weighted by molar-refractivity contribution is 5.89. The number of fused-ring (bicyclic) bond motifs is 5. The fourth-order valence-electron chi connectivity index (χ4n) is 8.87. The molecule has 0 spiro atoms. The lowest BCUT2D eigenvalue weighted by Crippen LogP contribution is -2.60. The first-order valence-corrected chi connectivity index (χ1v) is 17.8. The van der Waals surface area contributed by atoms with E-state index in [4.69, 9.17) is 19.3 Å². The van der Waals surface area contributed by atoms with Crippen LogP contribution in [-0.4, -0.2) is 97.4 Å². The zero-order valence-corrected chi connectivity index (χ0v) is 30.0. The number of carbonyl (C=O) groups excluding carboxylic acids is 2. The van der Waals surface area contributed by atoms with Gasteiger partial charge in [-0.15, -0.1) is 0 Å². The van der Waals surface area contributed by atoms with Gasteiger partial charge in [-0.1, -0.05) is 30.9 Å². The van der Waals surface area contributed by atoms with E-state index in [2.05, 4.69) is 16.1 Å². The van der Waals surface area contributed by atoms with E-state index in [9.17, 15) is 75.4 Å². The van der Waals surface area contributed by atoms with Gasteiger partial charge >= 0.3 is 42.8 Å². The van der Waals surface area contributed by atoms with Gasteiger partial charge in [-0.2, -0.15) is 65.9 Å². The topological polar surface area (TPSA) is 101 Å². The first-order chi connectivity index (χ1) is 26.4. The Bertz CT molecular complexity index is 1570. The number of aliphatic hydroxyl groups is 1. The smallest absolute Gasteiger partial charge is 0.426 e. The van der Waals surface area contributed by atoms with Crippen molar-refractivity contribution in [2.45, 2.75) is 111 Å². The van der Waals surface area contributed by atoms with Crippen molar-refractivity contribution in [2.75, 3.05) is 13.9 Å². The molecule has 4 aliphatic carbocycles. The number of carbonyl (C=O) groups is 2. The number of ether oxygens (including phenoxy) is 5. The third-order valence-corrected chi connectivity index (χ3v) is 11.8. The van der Waals surface area contributed by atoms with Crippen LogP contribution in [0.25, 0.3) is 0 Å². The molecule has 6 bridgehead atoms. The van der Waals surface area contributed by atoms with E-state index in [1.165, 1.54) is 0 Å². The molecule has 11 unspecified atom stereocenters. The van der Waals surface area contributed by atoms with E-state index in [0.29, 0.717) is 25.7 Å². The number of halogens is 15. The second kappa shape index (κ2) is 15.8. The summed E-state index contributed by atoms with van der Waals surface area (Å²) in [4.78, 5) is 22.7. The zero-order valence-electron chi connectivity index (χ0n) is 30.0. The SMILES string of the molecule is C=C(C(=O)OC1C2CC3C(=O)OC1C3O2)C(F)(F)F.COCOC(CC1CC2C=CC1C2)(C(F)(F)F)C(F)(F)F.OC(CC1CC2C=CC1C2)(C(F)(F)F)C(F)(F)F. The molecule has 5 fully saturated rings. The molecular weight excluding hydrogens is 833 g/mol. The van der Waals surface area contributed by atoms with Gasteiger partial charge in [0.05, 0.1) is 12.0 Å². The predicted octanol–water partition coefficient (Wildman–Crippen LogP) is 8.25. The first-order valence-electron chi connectivity index (χ1n) is 17.8. The quantitative estimate of drug-likeness (QED) is 0.0814. The molecule has 330 valence electrons. The number of rotatable bonds is 9. The zero-order chi connectivity index (χ0) is 43.6. The summed E-state index contributed by atoms with van der Waals surface area (Å²) in [6, 6.07) is 0. The second-order valence-corrected chi connectivity index (χ2v) is 15.4. The van der Waals surface area contributed by atoms with E-state index >= 15 is 0 Å². The summed E-state index contributed by atoms with van der Waals surface area (Å²) in [5.74, 6) is -4.20. The van der Waals surface area contributed by atoms with Crippen LogP contribution in [-0.2, 0) is 33.3 Å². The molecule has 7 rings (SSSR count). The Kier molecular flexibility index (Phi) is 12.5. The fraction of sp³-hybridized carbons (Fsp3) is 0.771. The highest BCUT2D eigenvalue weighted by Crippen LogP contribution is 2.56.